The first-order valence-corrected chi connectivity index (χ1v) is 5.56. The fourth-order valence-corrected chi connectivity index (χ4v) is 2.05. The molecule has 0 heterocycles. The molecular weight excluding hydrogens is 242 g/mol. The Bertz CT molecular complexity index is 458. The van der Waals surface area contributed by atoms with E-state index in [1.165, 1.54) is 0 Å². The van der Waals surface area contributed by atoms with Crippen molar-refractivity contribution in [2.45, 2.75) is 27.3 Å². The van der Waals surface area contributed by atoms with E-state index in [0.717, 1.165) is 22.3 Å². The highest BCUT2D eigenvalue weighted by molar-refractivity contribution is 6.32. The quantitative estimate of drug-likeness (QED) is 0.875. The first kappa shape index (κ1) is 13.6. The van der Waals surface area contributed by atoms with Crippen molar-refractivity contribution >= 4 is 17.7 Å². The number of carbonyl (C=O) groups is 1. The van der Waals surface area contributed by atoms with Gasteiger partial charge in [0.2, 0.25) is 0 Å². The fourth-order valence-electron chi connectivity index (χ4n) is 1.80. The van der Waals surface area contributed by atoms with Gasteiger partial charge in [0.05, 0.1) is 13.7 Å². The fraction of sp³-hybridized carbons (Fsp3) is 0.417. The number of methoxy groups -OCH3 is 1. The van der Waals surface area contributed by atoms with Gasteiger partial charge in [0.15, 0.2) is 0 Å². The topological polar surface area (TPSA) is 58.6 Å². The zero-order chi connectivity index (χ0) is 13.2. The van der Waals surface area contributed by atoms with Crippen LogP contribution < -0.4 is 10.1 Å². The molecule has 1 aromatic carbocycles. The second kappa shape index (κ2) is 5.27. The van der Waals surface area contributed by atoms with Crippen LogP contribution in [0, 0.1) is 20.8 Å². The predicted molar refractivity (Wildman–Crippen MR) is 67.1 cm³/mol. The Morgan fingerprint density at radius 1 is 1.29 bits per heavy atom. The molecule has 1 aromatic rings. The van der Waals surface area contributed by atoms with Gasteiger partial charge in [0, 0.05) is 10.6 Å². The Balaban J connectivity index is 3.31. The second-order valence-electron chi connectivity index (χ2n) is 3.86. The third kappa shape index (κ3) is 2.64. The summed E-state index contributed by atoms with van der Waals surface area (Å²) >= 11 is 6.20. The highest BCUT2D eigenvalue weighted by Crippen LogP contribution is 2.35. The van der Waals surface area contributed by atoms with E-state index in [0.29, 0.717) is 10.8 Å². The van der Waals surface area contributed by atoms with Crippen molar-refractivity contribution in [2.24, 2.45) is 0 Å². The highest BCUT2D eigenvalue weighted by Gasteiger charge is 2.17. The molecule has 1 rings (SSSR count). The highest BCUT2D eigenvalue weighted by atomic mass is 35.5. The molecule has 0 saturated carbocycles. The molecule has 1 amide bonds. The number of rotatable bonds is 3. The lowest BCUT2D eigenvalue weighted by atomic mass is 9.98. The molecule has 0 aliphatic rings. The number of nitrogens with one attached hydrogen (secondary N) is 1. The molecule has 17 heavy (non-hydrogen) atoms. The average Bonchev–Trinajstić information content (AvgIpc) is 2.29. The Morgan fingerprint density at radius 3 is 2.35 bits per heavy atom. The maximum atomic E-state index is 10.5. The maximum Gasteiger partial charge on any atom is 0.404 e. The maximum absolute atomic E-state index is 10.5. The zero-order valence-electron chi connectivity index (χ0n) is 10.3. The number of amides is 1. The van der Waals surface area contributed by atoms with Crippen LogP contribution in [0.2, 0.25) is 5.02 Å². The lowest BCUT2D eigenvalue weighted by Gasteiger charge is -2.18. The molecule has 0 bridgehead atoms. The second-order valence-corrected chi connectivity index (χ2v) is 4.24. The van der Waals surface area contributed by atoms with E-state index < -0.39 is 6.09 Å². The molecule has 0 saturated heterocycles. The van der Waals surface area contributed by atoms with E-state index in [2.05, 4.69) is 5.32 Å². The van der Waals surface area contributed by atoms with Crippen molar-refractivity contribution in [3.8, 4) is 5.75 Å². The average molecular weight is 258 g/mol. The monoisotopic (exact) mass is 257 g/mol. The number of carboxylic acid groups (broad SMARTS) is 1. The number of hydrogen-bond acceptors (Lipinski definition) is 2. The van der Waals surface area contributed by atoms with Gasteiger partial charge >= 0.3 is 6.09 Å². The summed E-state index contributed by atoms with van der Waals surface area (Å²) < 4.78 is 5.33. The molecular formula is C12H16ClNO3. The SMILES string of the molecule is COc1c(C)c(C)c(Cl)c(C)c1CNC(=O)O. The number of benzene rings is 1. The first-order chi connectivity index (χ1) is 7.90. The van der Waals surface area contributed by atoms with Gasteiger partial charge in [0.1, 0.15) is 5.75 Å². The summed E-state index contributed by atoms with van der Waals surface area (Å²) in [6.45, 7) is 5.87. The van der Waals surface area contributed by atoms with Crippen molar-refractivity contribution in [3.05, 3.63) is 27.3 Å². The molecule has 4 nitrogen and oxygen atoms in total. The van der Waals surface area contributed by atoms with Crippen LogP contribution in [-0.4, -0.2) is 18.3 Å². The molecule has 0 spiro atoms. The van der Waals surface area contributed by atoms with Crippen LogP contribution in [0.3, 0.4) is 0 Å². The van der Waals surface area contributed by atoms with E-state index in [9.17, 15) is 4.79 Å². The molecule has 0 aromatic heterocycles. The van der Waals surface area contributed by atoms with Gasteiger partial charge in [-0.05, 0) is 37.5 Å². The smallest absolute Gasteiger partial charge is 0.404 e. The molecule has 94 valence electrons. The van der Waals surface area contributed by atoms with Gasteiger partial charge in [-0.25, -0.2) is 4.79 Å². The number of hydrogen-bond donors (Lipinski definition) is 2. The van der Waals surface area contributed by atoms with E-state index in [1.54, 1.807) is 7.11 Å². The molecule has 2 N–H and O–H groups in total. The minimum Gasteiger partial charge on any atom is -0.496 e. The third-order valence-electron chi connectivity index (χ3n) is 2.91. The summed E-state index contributed by atoms with van der Waals surface area (Å²) in [5.74, 6) is 0.693. The molecule has 0 fully saturated rings. The molecule has 5 heteroatoms. The molecule has 0 unspecified atom stereocenters. The largest absolute Gasteiger partial charge is 0.496 e. The normalized spacial score (nSPS) is 10.2. The van der Waals surface area contributed by atoms with Crippen molar-refractivity contribution < 1.29 is 14.6 Å². The van der Waals surface area contributed by atoms with Crippen LogP contribution in [-0.2, 0) is 6.54 Å². The van der Waals surface area contributed by atoms with Gasteiger partial charge < -0.3 is 15.2 Å². The number of ether oxygens (including phenoxy) is 1. The van der Waals surface area contributed by atoms with Gasteiger partial charge in [-0.1, -0.05) is 11.6 Å². The van der Waals surface area contributed by atoms with Crippen molar-refractivity contribution in [1.29, 1.82) is 0 Å². The summed E-state index contributed by atoms with van der Waals surface area (Å²) in [7, 11) is 1.57. The van der Waals surface area contributed by atoms with Crippen LogP contribution in [0.15, 0.2) is 0 Å². The molecule has 0 radical (unpaired) electrons. The summed E-state index contributed by atoms with van der Waals surface area (Å²) in [5, 5.41) is 11.6. The van der Waals surface area contributed by atoms with Gasteiger partial charge in [-0.3, -0.25) is 0 Å². The number of halogens is 1. The van der Waals surface area contributed by atoms with Crippen LogP contribution in [0.4, 0.5) is 4.79 Å². The van der Waals surface area contributed by atoms with Crippen LogP contribution in [0.5, 0.6) is 5.75 Å². The summed E-state index contributed by atoms with van der Waals surface area (Å²) in [4.78, 5) is 10.5. The molecule has 0 aliphatic heterocycles. The lowest BCUT2D eigenvalue weighted by Crippen LogP contribution is -2.21. The first-order valence-electron chi connectivity index (χ1n) is 5.19. The van der Waals surface area contributed by atoms with E-state index >= 15 is 0 Å². The van der Waals surface area contributed by atoms with Gasteiger partial charge in [-0.15, -0.1) is 0 Å². The van der Waals surface area contributed by atoms with Crippen LogP contribution >= 0.6 is 11.6 Å². The Hall–Kier alpha value is -1.42. The Morgan fingerprint density at radius 2 is 1.88 bits per heavy atom. The van der Waals surface area contributed by atoms with E-state index in [4.69, 9.17) is 21.4 Å². The van der Waals surface area contributed by atoms with Gasteiger partial charge in [0.25, 0.3) is 0 Å². The lowest BCUT2D eigenvalue weighted by molar-refractivity contribution is 0.194. The standard InChI is InChI=1S/C12H16ClNO3/c1-6-7(2)11(17-4)9(5-14-12(15)16)8(3)10(6)13/h14H,5H2,1-4H3,(H,15,16). The van der Waals surface area contributed by atoms with Gasteiger partial charge in [-0.2, -0.15) is 0 Å². The summed E-state index contributed by atoms with van der Waals surface area (Å²) in [6, 6.07) is 0. The zero-order valence-corrected chi connectivity index (χ0v) is 11.1. The van der Waals surface area contributed by atoms with Crippen molar-refractivity contribution in [3.63, 3.8) is 0 Å². The van der Waals surface area contributed by atoms with Crippen LogP contribution in [0.25, 0.3) is 0 Å². The third-order valence-corrected chi connectivity index (χ3v) is 3.48. The molecule has 0 atom stereocenters. The molecule has 0 aliphatic carbocycles. The van der Waals surface area contributed by atoms with E-state index in [-0.39, 0.29) is 6.54 Å². The van der Waals surface area contributed by atoms with Crippen LogP contribution in [0.1, 0.15) is 22.3 Å². The Labute approximate surface area is 106 Å². The minimum absolute atomic E-state index is 0.186. The Kier molecular flexibility index (Phi) is 4.23. The summed E-state index contributed by atoms with van der Waals surface area (Å²) in [6.07, 6.45) is -1.07. The minimum atomic E-state index is -1.07. The van der Waals surface area contributed by atoms with Crippen molar-refractivity contribution in [1.82, 2.24) is 5.32 Å². The van der Waals surface area contributed by atoms with E-state index in [1.807, 2.05) is 20.8 Å². The van der Waals surface area contributed by atoms with Crippen molar-refractivity contribution in [2.75, 3.05) is 7.11 Å². The summed E-state index contributed by atoms with van der Waals surface area (Å²) in [5.41, 5.74) is 3.52. The predicted octanol–water partition coefficient (Wildman–Crippen LogP) is 3.04.